The minimum Gasteiger partial charge on any atom is -0.301 e. The van der Waals surface area contributed by atoms with Crippen LogP contribution in [0.15, 0.2) is 0 Å². The zero-order valence-electron chi connectivity index (χ0n) is 9.63. The summed E-state index contributed by atoms with van der Waals surface area (Å²) in [6, 6.07) is 0.973. The average Bonchev–Trinajstić information content (AvgIpc) is 3.09. The summed E-state index contributed by atoms with van der Waals surface area (Å²) in [5, 5.41) is 1.17. The van der Waals surface area contributed by atoms with Crippen molar-refractivity contribution in [3.8, 4) is 0 Å². The summed E-state index contributed by atoms with van der Waals surface area (Å²) in [5.41, 5.74) is 0. The summed E-state index contributed by atoms with van der Waals surface area (Å²) in [6.07, 6.45) is 7.03. The zero-order valence-corrected chi connectivity index (χ0v) is 11.2. The predicted molar refractivity (Wildman–Crippen MR) is 68.7 cm³/mol. The largest absolute Gasteiger partial charge is 0.301 e. The van der Waals surface area contributed by atoms with Crippen LogP contribution in [0.2, 0.25) is 0 Å². The molecule has 0 spiro atoms. The lowest BCUT2D eigenvalue weighted by molar-refractivity contribution is 0.125. The topological polar surface area (TPSA) is 6.48 Å². The van der Waals surface area contributed by atoms with E-state index in [1.54, 1.807) is 0 Å². The molecule has 15 heavy (non-hydrogen) atoms. The van der Waals surface area contributed by atoms with Crippen LogP contribution in [0.5, 0.6) is 0 Å². The van der Waals surface area contributed by atoms with Crippen molar-refractivity contribution in [3.05, 3.63) is 0 Å². The van der Waals surface area contributed by atoms with Crippen LogP contribution in [0.4, 0.5) is 0 Å². The molecule has 0 N–H and O–H groups in total. The molecule has 0 aromatic carbocycles. The Hall–Kier alpha value is 0.400. The van der Waals surface area contributed by atoms with E-state index in [0.29, 0.717) is 0 Å². The highest BCUT2D eigenvalue weighted by atomic mass is 79.9. The summed E-state index contributed by atoms with van der Waals surface area (Å²) in [6.45, 7) is 6.59. The lowest BCUT2D eigenvalue weighted by atomic mass is 10.2. The van der Waals surface area contributed by atoms with Crippen LogP contribution in [-0.4, -0.2) is 53.9 Å². The van der Waals surface area contributed by atoms with Gasteiger partial charge in [-0.2, -0.15) is 0 Å². The van der Waals surface area contributed by atoms with Crippen molar-refractivity contribution >= 4 is 15.9 Å². The van der Waals surface area contributed by atoms with E-state index in [2.05, 4.69) is 25.7 Å². The molecule has 1 aliphatic heterocycles. The Morgan fingerprint density at radius 1 is 0.933 bits per heavy atom. The van der Waals surface area contributed by atoms with Crippen molar-refractivity contribution in [2.75, 3.05) is 38.1 Å². The Morgan fingerprint density at radius 2 is 1.67 bits per heavy atom. The lowest BCUT2D eigenvalue weighted by Crippen LogP contribution is -2.47. The molecule has 1 saturated heterocycles. The van der Waals surface area contributed by atoms with Gasteiger partial charge in [0.25, 0.3) is 0 Å². The lowest BCUT2D eigenvalue weighted by Gasteiger charge is -2.34. The maximum Gasteiger partial charge on any atom is 0.0113 e. The number of hydrogen-bond donors (Lipinski definition) is 0. The first-order chi connectivity index (χ1) is 7.40. The fraction of sp³-hybridized carbons (Fsp3) is 1.00. The Morgan fingerprint density at radius 3 is 2.27 bits per heavy atom. The highest BCUT2D eigenvalue weighted by molar-refractivity contribution is 9.09. The molecule has 3 heteroatoms. The second kappa shape index (κ2) is 6.21. The molecule has 2 aliphatic rings. The quantitative estimate of drug-likeness (QED) is 0.542. The molecule has 0 amide bonds. The first kappa shape index (κ1) is 11.9. The molecule has 0 bridgehead atoms. The number of unbranched alkanes of at least 4 members (excludes halogenated alkanes) is 2. The second-order valence-electron chi connectivity index (χ2n) is 4.86. The van der Waals surface area contributed by atoms with Crippen molar-refractivity contribution in [2.24, 2.45) is 0 Å². The average molecular weight is 275 g/mol. The molecule has 0 aromatic heterocycles. The van der Waals surface area contributed by atoms with Gasteiger partial charge in [0.15, 0.2) is 0 Å². The number of rotatable bonds is 6. The number of nitrogens with zero attached hydrogens (tertiary/aromatic N) is 2. The summed E-state index contributed by atoms with van der Waals surface area (Å²) >= 11 is 3.49. The van der Waals surface area contributed by atoms with Crippen LogP contribution in [-0.2, 0) is 0 Å². The smallest absolute Gasteiger partial charge is 0.0113 e. The molecule has 88 valence electrons. The molecule has 1 saturated carbocycles. The summed E-state index contributed by atoms with van der Waals surface area (Å²) < 4.78 is 0. The van der Waals surface area contributed by atoms with Gasteiger partial charge in [-0.05, 0) is 32.2 Å². The third-order valence-electron chi connectivity index (χ3n) is 3.58. The van der Waals surface area contributed by atoms with Crippen molar-refractivity contribution in [1.29, 1.82) is 0 Å². The minimum absolute atomic E-state index is 0.973. The Balaban J connectivity index is 1.53. The van der Waals surface area contributed by atoms with Gasteiger partial charge in [0, 0.05) is 37.6 Å². The molecule has 0 aromatic rings. The summed E-state index contributed by atoms with van der Waals surface area (Å²) in [4.78, 5) is 5.34. The van der Waals surface area contributed by atoms with E-state index in [1.807, 2.05) is 0 Å². The van der Waals surface area contributed by atoms with Gasteiger partial charge in [0.1, 0.15) is 0 Å². The maximum absolute atomic E-state index is 3.49. The molecule has 0 radical (unpaired) electrons. The highest BCUT2D eigenvalue weighted by Crippen LogP contribution is 2.27. The van der Waals surface area contributed by atoms with Gasteiger partial charge in [-0.15, -0.1) is 0 Å². The third-order valence-corrected chi connectivity index (χ3v) is 4.14. The van der Waals surface area contributed by atoms with Crippen LogP contribution in [0.3, 0.4) is 0 Å². The van der Waals surface area contributed by atoms with Crippen LogP contribution < -0.4 is 0 Å². The predicted octanol–water partition coefficient (Wildman–Crippen LogP) is 2.33. The number of piperazine rings is 1. The number of halogens is 1. The van der Waals surface area contributed by atoms with E-state index >= 15 is 0 Å². The van der Waals surface area contributed by atoms with E-state index in [9.17, 15) is 0 Å². The first-order valence-electron chi connectivity index (χ1n) is 6.42. The molecule has 0 unspecified atom stereocenters. The van der Waals surface area contributed by atoms with E-state index in [4.69, 9.17) is 0 Å². The van der Waals surface area contributed by atoms with E-state index in [1.165, 1.54) is 70.2 Å². The minimum atomic E-state index is 0.973. The molecule has 2 rings (SSSR count). The van der Waals surface area contributed by atoms with Gasteiger partial charge in [0.2, 0.25) is 0 Å². The van der Waals surface area contributed by atoms with Crippen molar-refractivity contribution in [3.63, 3.8) is 0 Å². The summed E-state index contributed by atoms with van der Waals surface area (Å²) in [5.74, 6) is 0. The Kier molecular flexibility index (Phi) is 4.92. The van der Waals surface area contributed by atoms with Crippen molar-refractivity contribution in [2.45, 2.75) is 38.1 Å². The van der Waals surface area contributed by atoms with Gasteiger partial charge in [-0.1, -0.05) is 22.4 Å². The van der Waals surface area contributed by atoms with Gasteiger partial charge >= 0.3 is 0 Å². The third kappa shape index (κ3) is 4.04. The normalized spacial score (nSPS) is 24.6. The first-order valence-corrected chi connectivity index (χ1v) is 7.54. The van der Waals surface area contributed by atoms with Gasteiger partial charge < -0.3 is 4.90 Å². The van der Waals surface area contributed by atoms with E-state index in [0.717, 1.165) is 6.04 Å². The van der Waals surface area contributed by atoms with E-state index < -0.39 is 0 Å². The van der Waals surface area contributed by atoms with Crippen LogP contribution in [0.25, 0.3) is 0 Å². The zero-order chi connectivity index (χ0) is 10.5. The Bertz CT molecular complexity index is 174. The van der Waals surface area contributed by atoms with Crippen LogP contribution >= 0.6 is 15.9 Å². The molecule has 0 atom stereocenters. The standard InChI is InChI=1S/C12H23BrN2/c13-6-2-1-3-7-14-8-10-15(11-9-14)12-4-5-12/h12H,1-11H2. The fourth-order valence-corrected chi connectivity index (χ4v) is 2.79. The number of hydrogen-bond acceptors (Lipinski definition) is 2. The van der Waals surface area contributed by atoms with Crippen molar-refractivity contribution < 1.29 is 0 Å². The molecule has 2 fully saturated rings. The fourth-order valence-electron chi connectivity index (χ4n) is 2.40. The van der Waals surface area contributed by atoms with Gasteiger partial charge in [-0.25, -0.2) is 0 Å². The monoisotopic (exact) mass is 274 g/mol. The SMILES string of the molecule is BrCCCCCN1CCN(C2CC2)CC1. The molecule has 1 aliphatic carbocycles. The highest BCUT2D eigenvalue weighted by Gasteiger charge is 2.30. The summed E-state index contributed by atoms with van der Waals surface area (Å²) in [7, 11) is 0. The number of alkyl halides is 1. The van der Waals surface area contributed by atoms with Crippen molar-refractivity contribution in [1.82, 2.24) is 9.80 Å². The van der Waals surface area contributed by atoms with Gasteiger partial charge in [0.05, 0.1) is 0 Å². The molecule has 2 nitrogen and oxygen atoms in total. The van der Waals surface area contributed by atoms with E-state index in [-0.39, 0.29) is 0 Å². The second-order valence-corrected chi connectivity index (χ2v) is 5.65. The van der Waals surface area contributed by atoms with Gasteiger partial charge in [-0.3, -0.25) is 4.90 Å². The molecular weight excluding hydrogens is 252 g/mol. The molecule has 1 heterocycles. The molecular formula is C12H23BrN2. The maximum atomic E-state index is 3.49. The van der Waals surface area contributed by atoms with Crippen LogP contribution in [0, 0.1) is 0 Å². The van der Waals surface area contributed by atoms with Crippen LogP contribution in [0.1, 0.15) is 32.1 Å². The Labute approximate surface area is 102 Å².